The van der Waals surface area contributed by atoms with Crippen LogP contribution in [0.4, 0.5) is 0 Å². The van der Waals surface area contributed by atoms with E-state index < -0.39 is 0 Å². The summed E-state index contributed by atoms with van der Waals surface area (Å²) >= 11 is 0. The first-order valence-electron chi connectivity index (χ1n) is 5.46. The Kier molecular flexibility index (Phi) is 1.72. The van der Waals surface area contributed by atoms with Gasteiger partial charge >= 0.3 is 0 Å². The van der Waals surface area contributed by atoms with Crippen molar-refractivity contribution in [1.82, 2.24) is 0 Å². The van der Waals surface area contributed by atoms with Crippen molar-refractivity contribution >= 4 is 11.6 Å². The lowest BCUT2D eigenvalue weighted by atomic mass is 9.73. The van der Waals surface area contributed by atoms with E-state index in [2.05, 4.69) is 61.6 Å². The van der Waals surface area contributed by atoms with Crippen LogP contribution in [0, 0.1) is 5.41 Å². The van der Waals surface area contributed by atoms with Crippen LogP contribution in [0.25, 0.3) is 11.6 Å². The molecule has 0 N–H and O–H groups in total. The summed E-state index contributed by atoms with van der Waals surface area (Å²) in [5, 5.41) is 2.77. The number of rotatable bonds is 0. The first-order chi connectivity index (χ1) is 7.30. The monoisotopic (exact) mass is 194 g/mol. The summed E-state index contributed by atoms with van der Waals surface area (Å²) in [5.74, 6) is 0. The van der Waals surface area contributed by atoms with E-state index in [-0.39, 0.29) is 5.41 Å². The van der Waals surface area contributed by atoms with Crippen molar-refractivity contribution in [2.75, 3.05) is 0 Å². The normalized spacial score (nSPS) is 26.9. The average molecular weight is 194 g/mol. The molecular weight excluding hydrogens is 180 g/mol. The third kappa shape index (κ3) is 1.21. The van der Waals surface area contributed by atoms with E-state index in [1.807, 2.05) is 0 Å². The van der Waals surface area contributed by atoms with Gasteiger partial charge in [0, 0.05) is 5.41 Å². The molecule has 0 saturated carbocycles. The van der Waals surface area contributed by atoms with Crippen molar-refractivity contribution in [2.24, 2.45) is 5.41 Å². The molecule has 2 aliphatic rings. The summed E-state index contributed by atoms with van der Waals surface area (Å²) in [5.41, 5.74) is 1.67. The molecule has 0 saturated heterocycles. The Balaban J connectivity index is 2.44. The minimum Gasteiger partial charge on any atom is -0.0755 e. The molecule has 1 atom stereocenters. The summed E-state index contributed by atoms with van der Waals surface area (Å²) in [4.78, 5) is 0. The van der Waals surface area contributed by atoms with Crippen LogP contribution < -0.4 is 10.4 Å². The molecule has 0 radical (unpaired) electrons. The molecule has 3 rings (SSSR count). The van der Waals surface area contributed by atoms with Gasteiger partial charge in [-0.15, -0.1) is 0 Å². The van der Waals surface area contributed by atoms with Gasteiger partial charge in [-0.05, 0) is 22.4 Å². The van der Waals surface area contributed by atoms with E-state index >= 15 is 0 Å². The maximum absolute atomic E-state index is 2.35. The standard InChI is InChI=1S/C15H14/c1-15-10-5-4-8-14(15)13-7-3-2-6-12(13)9-11-15/h2-10H,11H2,1H3. The summed E-state index contributed by atoms with van der Waals surface area (Å²) in [7, 11) is 0. The second-order valence-electron chi connectivity index (χ2n) is 4.54. The van der Waals surface area contributed by atoms with E-state index in [0.717, 1.165) is 6.42 Å². The fourth-order valence-corrected chi connectivity index (χ4v) is 2.52. The average Bonchev–Trinajstić information content (AvgIpc) is 2.28. The predicted octanol–water partition coefficient (Wildman–Crippen LogP) is 2.15. The minimum absolute atomic E-state index is 0.211. The van der Waals surface area contributed by atoms with E-state index in [4.69, 9.17) is 0 Å². The van der Waals surface area contributed by atoms with Crippen molar-refractivity contribution in [2.45, 2.75) is 13.3 Å². The zero-order valence-corrected chi connectivity index (χ0v) is 8.90. The molecule has 0 heterocycles. The molecule has 1 unspecified atom stereocenters. The topological polar surface area (TPSA) is 0 Å². The molecule has 0 fully saturated rings. The molecule has 0 spiro atoms. The van der Waals surface area contributed by atoms with Gasteiger partial charge in [-0.3, -0.25) is 0 Å². The van der Waals surface area contributed by atoms with Crippen LogP contribution in [-0.2, 0) is 0 Å². The lowest BCUT2D eigenvalue weighted by Gasteiger charge is -2.31. The maximum atomic E-state index is 2.35. The van der Waals surface area contributed by atoms with Gasteiger partial charge in [0.2, 0.25) is 0 Å². The molecule has 0 heteroatoms. The van der Waals surface area contributed by atoms with E-state index in [1.54, 1.807) is 0 Å². The molecule has 0 amide bonds. The Morgan fingerprint density at radius 2 is 2.00 bits per heavy atom. The van der Waals surface area contributed by atoms with Gasteiger partial charge in [0.05, 0.1) is 0 Å². The summed E-state index contributed by atoms with van der Waals surface area (Å²) in [6, 6.07) is 8.66. The third-order valence-electron chi connectivity index (χ3n) is 3.45. The van der Waals surface area contributed by atoms with Gasteiger partial charge in [0.25, 0.3) is 0 Å². The fourth-order valence-electron chi connectivity index (χ4n) is 2.52. The number of hydrogen-bond donors (Lipinski definition) is 0. The smallest absolute Gasteiger partial charge is 0.0147 e. The van der Waals surface area contributed by atoms with Gasteiger partial charge in [0.15, 0.2) is 0 Å². The van der Waals surface area contributed by atoms with Gasteiger partial charge in [-0.1, -0.05) is 61.6 Å². The molecule has 74 valence electrons. The lowest BCUT2D eigenvalue weighted by Crippen LogP contribution is -2.36. The van der Waals surface area contributed by atoms with Crippen molar-refractivity contribution in [3.8, 4) is 0 Å². The first kappa shape index (κ1) is 8.72. The predicted molar refractivity (Wildman–Crippen MR) is 64.6 cm³/mol. The van der Waals surface area contributed by atoms with Crippen LogP contribution in [-0.4, -0.2) is 0 Å². The fraction of sp³-hybridized carbons (Fsp3) is 0.200. The van der Waals surface area contributed by atoms with Gasteiger partial charge in [0.1, 0.15) is 0 Å². The van der Waals surface area contributed by atoms with Crippen LogP contribution in [0.1, 0.15) is 13.3 Å². The molecule has 0 aromatic heterocycles. The molecule has 1 aromatic rings. The van der Waals surface area contributed by atoms with Gasteiger partial charge < -0.3 is 0 Å². The highest BCUT2D eigenvalue weighted by Crippen LogP contribution is 2.37. The number of allylic oxidation sites excluding steroid dienone is 4. The van der Waals surface area contributed by atoms with Crippen molar-refractivity contribution in [3.05, 3.63) is 59.0 Å². The molecule has 0 nitrogen and oxygen atoms in total. The highest BCUT2D eigenvalue weighted by atomic mass is 14.3. The quantitative estimate of drug-likeness (QED) is 0.593. The van der Waals surface area contributed by atoms with Gasteiger partial charge in [-0.25, -0.2) is 0 Å². The molecule has 0 bridgehead atoms. The van der Waals surface area contributed by atoms with Crippen molar-refractivity contribution in [3.63, 3.8) is 0 Å². The van der Waals surface area contributed by atoms with E-state index in [9.17, 15) is 0 Å². The third-order valence-corrected chi connectivity index (χ3v) is 3.45. The highest BCUT2D eigenvalue weighted by molar-refractivity contribution is 5.70. The molecule has 1 aromatic carbocycles. The number of fused-ring (bicyclic) bond motifs is 2. The summed E-state index contributed by atoms with van der Waals surface area (Å²) < 4.78 is 0. The van der Waals surface area contributed by atoms with Crippen LogP contribution in [0.5, 0.6) is 0 Å². The number of hydrogen-bond acceptors (Lipinski definition) is 0. The zero-order chi connectivity index (χ0) is 10.3. The van der Waals surface area contributed by atoms with Crippen LogP contribution in [0.2, 0.25) is 0 Å². The maximum Gasteiger partial charge on any atom is 0.0147 e. The molecule has 0 aliphatic heterocycles. The van der Waals surface area contributed by atoms with Gasteiger partial charge in [-0.2, -0.15) is 0 Å². The van der Waals surface area contributed by atoms with Crippen LogP contribution >= 0.6 is 0 Å². The largest absolute Gasteiger partial charge is 0.0755 e. The Hall–Kier alpha value is -1.56. The number of benzene rings is 1. The van der Waals surface area contributed by atoms with Crippen LogP contribution in [0.15, 0.2) is 48.6 Å². The Morgan fingerprint density at radius 3 is 2.93 bits per heavy atom. The second-order valence-corrected chi connectivity index (χ2v) is 4.54. The Labute approximate surface area is 89.9 Å². The lowest BCUT2D eigenvalue weighted by molar-refractivity contribution is 0.590. The summed E-state index contributed by atoms with van der Waals surface area (Å²) in [6.07, 6.45) is 12.3. The summed E-state index contributed by atoms with van der Waals surface area (Å²) in [6.45, 7) is 2.31. The minimum atomic E-state index is 0.211. The van der Waals surface area contributed by atoms with Crippen molar-refractivity contribution < 1.29 is 0 Å². The van der Waals surface area contributed by atoms with Crippen LogP contribution in [0.3, 0.4) is 0 Å². The SMILES string of the molecule is CC12C=CC=CC1=c1ccccc1=CC2. The Bertz CT molecular complexity index is 572. The molecule has 15 heavy (non-hydrogen) atoms. The highest BCUT2D eigenvalue weighted by Gasteiger charge is 2.27. The van der Waals surface area contributed by atoms with Crippen molar-refractivity contribution in [1.29, 1.82) is 0 Å². The second kappa shape index (κ2) is 2.96. The Morgan fingerprint density at radius 1 is 1.13 bits per heavy atom. The molecular formula is C15H14. The van der Waals surface area contributed by atoms with E-state index in [0.29, 0.717) is 0 Å². The van der Waals surface area contributed by atoms with E-state index in [1.165, 1.54) is 16.0 Å². The first-order valence-corrected chi connectivity index (χ1v) is 5.46. The molecule has 2 aliphatic carbocycles. The zero-order valence-electron chi connectivity index (χ0n) is 8.90.